The highest BCUT2D eigenvalue weighted by Gasteiger charge is 2.14. The van der Waals surface area contributed by atoms with E-state index in [1.807, 2.05) is 6.07 Å². The lowest BCUT2D eigenvalue weighted by molar-refractivity contribution is 0.102. The number of carbonyl (C=O) groups is 1. The van der Waals surface area contributed by atoms with Gasteiger partial charge in [0.25, 0.3) is 5.91 Å². The zero-order valence-corrected chi connectivity index (χ0v) is 13.5. The van der Waals surface area contributed by atoms with Crippen molar-refractivity contribution < 1.29 is 9.18 Å². The van der Waals surface area contributed by atoms with Crippen LogP contribution in [0.3, 0.4) is 0 Å². The van der Waals surface area contributed by atoms with Crippen LogP contribution in [0.5, 0.6) is 0 Å². The second-order valence-electron chi connectivity index (χ2n) is 5.38. The van der Waals surface area contributed by atoms with Gasteiger partial charge >= 0.3 is 0 Å². The Morgan fingerprint density at radius 1 is 1.32 bits per heavy atom. The summed E-state index contributed by atoms with van der Waals surface area (Å²) in [5, 5.41) is 19.8. The number of benzene rings is 1. The van der Waals surface area contributed by atoms with Gasteiger partial charge in [-0.05, 0) is 31.2 Å². The van der Waals surface area contributed by atoms with Gasteiger partial charge in [-0.15, -0.1) is 0 Å². The fraction of sp³-hybridized carbons (Fsp3) is 0.176. The van der Waals surface area contributed by atoms with Crippen molar-refractivity contribution in [1.29, 1.82) is 5.26 Å². The van der Waals surface area contributed by atoms with Crippen LogP contribution in [0.1, 0.15) is 22.6 Å². The Bertz CT molecular complexity index is 952. The van der Waals surface area contributed by atoms with Gasteiger partial charge in [0.1, 0.15) is 11.6 Å². The summed E-state index contributed by atoms with van der Waals surface area (Å²) in [4.78, 5) is 12.4. The molecule has 3 aromatic rings. The van der Waals surface area contributed by atoms with Gasteiger partial charge in [0.15, 0.2) is 5.69 Å². The molecule has 1 amide bonds. The molecule has 7 nitrogen and oxygen atoms in total. The zero-order chi connectivity index (χ0) is 17.8. The van der Waals surface area contributed by atoms with Crippen LogP contribution in [-0.2, 0) is 6.54 Å². The van der Waals surface area contributed by atoms with E-state index in [2.05, 4.69) is 15.5 Å². The summed E-state index contributed by atoms with van der Waals surface area (Å²) >= 11 is 0. The smallest absolute Gasteiger partial charge is 0.277 e. The molecular weight excluding hydrogens is 323 g/mol. The minimum Gasteiger partial charge on any atom is -0.305 e. The first-order valence-electron chi connectivity index (χ1n) is 7.61. The molecule has 3 rings (SSSR count). The van der Waals surface area contributed by atoms with E-state index in [4.69, 9.17) is 5.26 Å². The zero-order valence-electron chi connectivity index (χ0n) is 13.5. The first-order valence-corrected chi connectivity index (χ1v) is 7.61. The lowest BCUT2D eigenvalue weighted by Gasteiger charge is -2.06. The molecule has 0 aliphatic carbocycles. The van der Waals surface area contributed by atoms with Gasteiger partial charge in [0.2, 0.25) is 0 Å². The number of aryl methyl sites for hydroxylation is 2. The number of carbonyl (C=O) groups excluding carboxylic acids is 1. The van der Waals surface area contributed by atoms with Crippen molar-refractivity contribution in [2.24, 2.45) is 0 Å². The van der Waals surface area contributed by atoms with Crippen LogP contribution in [0.25, 0.3) is 5.69 Å². The molecule has 2 heterocycles. The summed E-state index contributed by atoms with van der Waals surface area (Å²) in [6.45, 7) is 2.19. The third-order valence-corrected chi connectivity index (χ3v) is 3.47. The van der Waals surface area contributed by atoms with Gasteiger partial charge in [-0.3, -0.25) is 4.79 Å². The number of nitriles is 1. The van der Waals surface area contributed by atoms with Gasteiger partial charge in [-0.25, -0.2) is 13.8 Å². The fourth-order valence-corrected chi connectivity index (χ4v) is 2.36. The maximum absolute atomic E-state index is 13.3. The second kappa shape index (κ2) is 6.97. The molecule has 25 heavy (non-hydrogen) atoms. The number of anilines is 1. The van der Waals surface area contributed by atoms with Crippen molar-refractivity contribution >= 4 is 11.7 Å². The van der Waals surface area contributed by atoms with Gasteiger partial charge in [0, 0.05) is 12.3 Å². The van der Waals surface area contributed by atoms with E-state index in [-0.39, 0.29) is 17.9 Å². The van der Waals surface area contributed by atoms with Crippen molar-refractivity contribution in [1.82, 2.24) is 19.6 Å². The number of nitrogens with zero attached hydrogens (tertiary/aromatic N) is 5. The summed E-state index contributed by atoms with van der Waals surface area (Å²) in [5.41, 5.74) is 1.45. The monoisotopic (exact) mass is 338 g/mol. The molecular formula is C17H15FN6O. The summed E-state index contributed by atoms with van der Waals surface area (Å²) in [6.07, 6.45) is 1.88. The van der Waals surface area contributed by atoms with E-state index in [1.54, 1.807) is 42.1 Å². The van der Waals surface area contributed by atoms with Crippen molar-refractivity contribution in [2.45, 2.75) is 19.9 Å². The lowest BCUT2D eigenvalue weighted by atomic mass is 10.3. The number of amides is 1. The van der Waals surface area contributed by atoms with Crippen molar-refractivity contribution in [3.63, 3.8) is 0 Å². The number of aromatic nitrogens is 4. The third kappa shape index (κ3) is 3.72. The van der Waals surface area contributed by atoms with Gasteiger partial charge in [-0.2, -0.15) is 15.5 Å². The van der Waals surface area contributed by atoms with Gasteiger partial charge < -0.3 is 5.32 Å². The van der Waals surface area contributed by atoms with Crippen molar-refractivity contribution in [2.75, 3.05) is 5.32 Å². The Balaban J connectivity index is 1.78. The number of halogens is 1. The molecule has 8 heteroatoms. The normalized spacial score (nSPS) is 10.4. The highest BCUT2D eigenvalue weighted by atomic mass is 19.1. The van der Waals surface area contributed by atoms with Crippen molar-refractivity contribution in [3.8, 4) is 11.8 Å². The first-order chi connectivity index (χ1) is 12.1. The Hall–Kier alpha value is -3.47. The molecule has 0 fully saturated rings. The highest BCUT2D eigenvalue weighted by molar-refractivity contribution is 6.02. The van der Waals surface area contributed by atoms with Gasteiger partial charge in [0.05, 0.1) is 30.4 Å². The van der Waals surface area contributed by atoms with Crippen LogP contribution in [0.2, 0.25) is 0 Å². The minimum absolute atomic E-state index is 0.190. The van der Waals surface area contributed by atoms with Crippen LogP contribution >= 0.6 is 0 Å². The molecule has 1 aromatic carbocycles. The van der Waals surface area contributed by atoms with Crippen LogP contribution in [-0.4, -0.2) is 25.5 Å². The summed E-state index contributed by atoms with van der Waals surface area (Å²) in [6, 6.07) is 11.2. The predicted molar refractivity (Wildman–Crippen MR) is 88.7 cm³/mol. The van der Waals surface area contributed by atoms with E-state index < -0.39 is 5.91 Å². The molecule has 0 atom stereocenters. The standard InChI is InChI=1S/C17H15FN6O/c1-12-10-16(24(21-12)8-3-7-19)20-17(25)15-6-9-23(22-15)14-5-2-4-13(18)11-14/h2,4-6,9-11H,3,8H2,1H3,(H,20,25). The van der Waals surface area contributed by atoms with Crippen LogP contribution in [0, 0.1) is 24.1 Å². The average molecular weight is 338 g/mol. The second-order valence-corrected chi connectivity index (χ2v) is 5.38. The highest BCUT2D eigenvalue weighted by Crippen LogP contribution is 2.14. The molecule has 0 radical (unpaired) electrons. The van der Waals surface area contributed by atoms with Crippen LogP contribution < -0.4 is 5.32 Å². The SMILES string of the molecule is Cc1cc(NC(=O)c2ccn(-c3cccc(F)c3)n2)n(CCC#N)n1. The van der Waals surface area contributed by atoms with Crippen LogP contribution in [0.15, 0.2) is 42.6 Å². The fourth-order valence-electron chi connectivity index (χ4n) is 2.36. The Kier molecular flexibility index (Phi) is 4.57. The molecule has 0 spiro atoms. The molecule has 0 saturated carbocycles. The van der Waals surface area contributed by atoms with E-state index in [9.17, 15) is 9.18 Å². The predicted octanol–water partition coefficient (Wildman–Crippen LogP) is 2.68. The third-order valence-electron chi connectivity index (χ3n) is 3.47. The van der Waals surface area contributed by atoms with E-state index in [1.165, 1.54) is 16.8 Å². The lowest BCUT2D eigenvalue weighted by Crippen LogP contribution is -2.16. The molecule has 0 saturated heterocycles. The number of hydrogen-bond acceptors (Lipinski definition) is 4. The summed E-state index contributed by atoms with van der Waals surface area (Å²) < 4.78 is 16.3. The first kappa shape index (κ1) is 16.4. The Morgan fingerprint density at radius 2 is 2.16 bits per heavy atom. The molecule has 0 aliphatic rings. The number of rotatable bonds is 5. The van der Waals surface area contributed by atoms with Crippen LogP contribution in [0.4, 0.5) is 10.2 Å². The molecule has 0 aliphatic heterocycles. The number of nitrogens with one attached hydrogen (secondary N) is 1. The number of hydrogen-bond donors (Lipinski definition) is 1. The summed E-state index contributed by atoms with van der Waals surface area (Å²) in [7, 11) is 0. The maximum Gasteiger partial charge on any atom is 0.277 e. The average Bonchev–Trinajstić information content (AvgIpc) is 3.20. The maximum atomic E-state index is 13.3. The quantitative estimate of drug-likeness (QED) is 0.774. The molecule has 0 unspecified atom stereocenters. The van der Waals surface area contributed by atoms with E-state index >= 15 is 0 Å². The molecule has 0 bridgehead atoms. The largest absolute Gasteiger partial charge is 0.305 e. The minimum atomic E-state index is -0.409. The van der Waals surface area contributed by atoms with E-state index in [0.717, 1.165) is 5.69 Å². The van der Waals surface area contributed by atoms with Gasteiger partial charge in [-0.1, -0.05) is 6.07 Å². The molecule has 126 valence electrons. The Morgan fingerprint density at radius 3 is 2.92 bits per heavy atom. The molecule has 1 N–H and O–H groups in total. The summed E-state index contributed by atoms with van der Waals surface area (Å²) in [5.74, 6) is -0.290. The Labute approximate surface area is 143 Å². The molecule has 2 aromatic heterocycles. The topological polar surface area (TPSA) is 88.5 Å². The van der Waals surface area contributed by atoms with E-state index in [0.29, 0.717) is 18.1 Å². The van der Waals surface area contributed by atoms with Crippen molar-refractivity contribution in [3.05, 3.63) is 59.8 Å².